The Kier molecular flexibility index (Phi) is 23.0. The van der Waals surface area contributed by atoms with Gasteiger partial charge in [0.15, 0.2) is 34.5 Å². The molecule has 0 saturated carbocycles. The van der Waals surface area contributed by atoms with Gasteiger partial charge in [-0.2, -0.15) is 0 Å². The molecular weight excluding hydrogens is 849 g/mol. The van der Waals surface area contributed by atoms with Gasteiger partial charge in [-0.1, -0.05) is 75.4 Å². The summed E-state index contributed by atoms with van der Waals surface area (Å²) < 4.78 is 32.2. The van der Waals surface area contributed by atoms with Crippen LogP contribution in [0.15, 0.2) is 108 Å². The topological polar surface area (TPSA) is 133 Å². The molecule has 0 spiro atoms. The number of methoxy groups -OCH3 is 4. The van der Waals surface area contributed by atoms with Crippen molar-refractivity contribution in [1.29, 1.82) is 0 Å². The number of amides is 2. The van der Waals surface area contributed by atoms with E-state index in [1.165, 1.54) is 12.8 Å². The second-order valence-corrected chi connectivity index (χ2v) is 16.0. The van der Waals surface area contributed by atoms with Crippen LogP contribution in [0.1, 0.15) is 95.2 Å². The molecule has 0 radical (unpaired) electrons. The summed E-state index contributed by atoms with van der Waals surface area (Å²) in [5, 5.41) is 8.62. The molecule has 2 amide bonds. The number of carbonyl (C=O) groups excluding carboxylic acids is 2. The minimum absolute atomic E-state index is 0.112. The molecule has 2 fully saturated rings. The van der Waals surface area contributed by atoms with Crippen LogP contribution < -0.4 is 28.4 Å². The van der Waals surface area contributed by atoms with Crippen molar-refractivity contribution in [3.8, 4) is 34.5 Å². The predicted molar refractivity (Wildman–Crippen MR) is 267 cm³/mol. The highest BCUT2D eigenvalue weighted by Crippen LogP contribution is 2.32. The SMILES string of the molecule is CCC(/C=C/C(=O)N1CCCCC1)=C\c1ccc(OC)c(OC)c1.CCC(/C=C/C(=O)N1CCCCC1)=C\c1ccc2c(c1)OCCO2.CCC(/C=C/C(=O)O)=C\c1ccc(OC)c(OC)c1. The maximum Gasteiger partial charge on any atom is 0.328 e. The van der Waals surface area contributed by atoms with E-state index in [0.29, 0.717) is 36.2 Å². The normalized spacial score (nSPS) is 15.4. The van der Waals surface area contributed by atoms with Crippen LogP contribution >= 0.6 is 0 Å². The zero-order valence-electron chi connectivity index (χ0n) is 40.5. The second kappa shape index (κ2) is 29.1. The Morgan fingerprint density at radius 2 is 0.866 bits per heavy atom. The smallest absolute Gasteiger partial charge is 0.328 e. The van der Waals surface area contributed by atoms with Gasteiger partial charge >= 0.3 is 5.97 Å². The van der Waals surface area contributed by atoms with E-state index in [2.05, 4.69) is 26.0 Å². The lowest BCUT2D eigenvalue weighted by molar-refractivity contribution is -0.131. The molecular formula is C55H70N2O10. The first-order valence-corrected chi connectivity index (χ1v) is 23.3. The molecule has 12 nitrogen and oxygen atoms in total. The molecule has 3 aliphatic rings. The number of rotatable bonds is 16. The molecule has 0 aliphatic carbocycles. The largest absolute Gasteiger partial charge is 0.493 e. The zero-order valence-corrected chi connectivity index (χ0v) is 40.5. The van der Waals surface area contributed by atoms with Crippen LogP contribution in [0.4, 0.5) is 0 Å². The molecule has 0 unspecified atom stereocenters. The Balaban J connectivity index is 0.000000221. The van der Waals surface area contributed by atoms with Gasteiger partial charge < -0.3 is 43.3 Å². The van der Waals surface area contributed by atoms with E-state index in [9.17, 15) is 14.4 Å². The van der Waals surface area contributed by atoms with Crippen molar-refractivity contribution in [2.45, 2.75) is 78.6 Å². The molecule has 6 rings (SSSR count). The van der Waals surface area contributed by atoms with Crippen molar-refractivity contribution >= 4 is 36.0 Å². The number of carbonyl (C=O) groups is 3. The highest BCUT2D eigenvalue weighted by Gasteiger charge is 2.16. The Morgan fingerprint density at radius 3 is 1.25 bits per heavy atom. The fourth-order valence-corrected chi connectivity index (χ4v) is 7.46. The monoisotopic (exact) mass is 919 g/mol. The maximum absolute atomic E-state index is 12.2. The van der Waals surface area contributed by atoms with Crippen LogP contribution in [-0.4, -0.2) is 101 Å². The van der Waals surface area contributed by atoms with Gasteiger partial charge in [0.2, 0.25) is 11.8 Å². The van der Waals surface area contributed by atoms with Gasteiger partial charge in [-0.25, -0.2) is 4.79 Å². The molecule has 0 bridgehead atoms. The number of allylic oxidation sites excluding steroid dienone is 6. The lowest BCUT2D eigenvalue weighted by atomic mass is 10.1. The molecule has 3 aromatic carbocycles. The third-order valence-electron chi connectivity index (χ3n) is 11.3. The van der Waals surface area contributed by atoms with Crippen molar-refractivity contribution in [1.82, 2.24) is 9.80 Å². The van der Waals surface area contributed by atoms with Gasteiger partial charge in [0.05, 0.1) is 28.4 Å². The molecule has 0 aromatic heterocycles. The molecule has 67 heavy (non-hydrogen) atoms. The van der Waals surface area contributed by atoms with Crippen molar-refractivity contribution < 1.29 is 47.9 Å². The predicted octanol–water partition coefficient (Wildman–Crippen LogP) is 11.0. The van der Waals surface area contributed by atoms with Crippen molar-refractivity contribution in [3.05, 3.63) is 124 Å². The summed E-state index contributed by atoms with van der Waals surface area (Å²) in [5.74, 6) is 3.60. The van der Waals surface area contributed by atoms with Gasteiger partial charge in [-0.3, -0.25) is 9.59 Å². The number of carboxylic acids is 1. The molecule has 3 heterocycles. The minimum atomic E-state index is -0.952. The van der Waals surface area contributed by atoms with E-state index >= 15 is 0 Å². The molecule has 0 atom stereocenters. The number of fused-ring (bicyclic) bond motifs is 1. The summed E-state index contributed by atoms with van der Waals surface area (Å²) in [6.07, 6.45) is 25.5. The standard InChI is InChI=1S/C20H25NO3.C20H27NO3.C15H18O4/c1-2-16(7-9-20(22)21-10-4-3-5-11-21)14-17-6-8-18-19(15-17)24-13-12-23-18;1-4-16(9-11-20(22)21-12-6-5-7-13-21)14-17-8-10-18(23-2)19(15-17)24-3;1-4-11(6-8-15(16)17)9-12-5-7-13(18-2)14(10-12)19-3/h6-9,14-15H,2-5,10-13H2,1H3;8-11,14-15H,4-7,12-13H2,1-3H3;5-10H,4H2,1-3H3,(H,16,17)/b9-7+,16-14+;11-9+,16-14+;8-6+,11-9+. The number of hydrogen-bond acceptors (Lipinski definition) is 9. The van der Waals surface area contributed by atoms with E-state index < -0.39 is 5.97 Å². The van der Waals surface area contributed by atoms with Crippen LogP contribution in [0.3, 0.4) is 0 Å². The average molecular weight is 919 g/mol. The summed E-state index contributed by atoms with van der Waals surface area (Å²) in [7, 11) is 6.42. The van der Waals surface area contributed by atoms with Gasteiger partial charge in [0, 0.05) is 44.4 Å². The van der Waals surface area contributed by atoms with E-state index in [4.69, 9.17) is 33.5 Å². The van der Waals surface area contributed by atoms with Gasteiger partial charge in [0.1, 0.15) is 13.2 Å². The first-order chi connectivity index (χ1) is 32.5. The van der Waals surface area contributed by atoms with Gasteiger partial charge in [-0.15, -0.1) is 0 Å². The maximum atomic E-state index is 12.2. The van der Waals surface area contributed by atoms with Crippen LogP contribution in [0, 0.1) is 0 Å². The van der Waals surface area contributed by atoms with Gasteiger partial charge in [0.25, 0.3) is 0 Å². The molecule has 1 N–H and O–H groups in total. The summed E-state index contributed by atoms with van der Waals surface area (Å²) in [6, 6.07) is 17.3. The Hall–Kier alpha value is -6.69. The number of aliphatic carboxylic acids is 1. The fraction of sp³-hybridized carbons (Fsp3) is 0.400. The molecule has 12 heteroatoms. The van der Waals surface area contributed by atoms with Gasteiger partial charge in [-0.05, 0) is 128 Å². The average Bonchev–Trinajstić information content (AvgIpc) is 3.37. The second-order valence-electron chi connectivity index (χ2n) is 16.0. The number of nitrogens with zero attached hydrogens (tertiary/aromatic N) is 2. The summed E-state index contributed by atoms with van der Waals surface area (Å²) in [5.41, 5.74) is 6.18. The number of ether oxygens (including phenoxy) is 6. The number of benzene rings is 3. The minimum Gasteiger partial charge on any atom is -0.493 e. The summed E-state index contributed by atoms with van der Waals surface area (Å²) in [4.78, 5) is 38.8. The summed E-state index contributed by atoms with van der Waals surface area (Å²) >= 11 is 0. The summed E-state index contributed by atoms with van der Waals surface area (Å²) in [6.45, 7) is 10.9. The van der Waals surface area contributed by atoms with Crippen LogP contribution in [0.25, 0.3) is 18.2 Å². The van der Waals surface area contributed by atoms with Crippen LogP contribution in [0.2, 0.25) is 0 Å². The number of carboxylic acid groups (broad SMARTS) is 1. The number of likely N-dealkylation sites (tertiary alicyclic amines) is 2. The zero-order chi connectivity index (χ0) is 48.4. The highest BCUT2D eigenvalue weighted by molar-refractivity contribution is 5.89. The van der Waals surface area contributed by atoms with Crippen molar-refractivity contribution in [2.75, 3.05) is 67.8 Å². The van der Waals surface area contributed by atoms with E-state index in [-0.39, 0.29) is 11.8 Å². The Labute approximate surface area is 397 Å². The van der Waals surface area contributed by atoms with Crippen LogP contribution in [0.5, 0.6) is 34.5 Å². The molecule has 360 valence electrons. The Morgan fingerprint density at radius 1 is 0.493 bits per heavy atom. The molecule has 2 saturated heterocycles. The van der Waals surface area contributed by atoms with Crippen molar-refractivity contribution in [2.24, 2.45) is 0 Å². The van der Waals surface area contributed by atoms with Crippen LogP contribution in [-0.2, 0) is 14.4 Å². The quantitative estimate of drug-likeness (QED) is 0.109. The third kappa shape index (κ3) is 17.9. The fourth-order valence-electron chi connectivity index (χ4n) is 7.46. The Bertz CT molecular complexity index is 2160. The van der Waals surface area contributed by atoms with E-state index in [1.807, 2.05) is 89.5 Å². The first kappa shape index (κ1) is 52.9. The highest BCUT2D eigenvalue weighted by atomic mass is 16.6. The lowest BCUT2D eigenvalue weighted by Gasteiger charge is -2.25. The molecule has 3 aliphatic heterocycles. The third-order valence-corrected chi connectivity index (χ3v) is 11.3. The number of piperidine rings is 2. The first-order valence-electron chi connectivity index (χ1n) is 23.3. The van der Waals surface area contributed by atoms with Crippen molar-refractivity contribution in [3.63, 3.8) is 0 Å². The van der Waals surface area contributed by atoms with E-state index in [1.54, 1.807) is 46.7 Å². The lowest BCUT2D eigenvalue weighted by Crippen LogP contribution is -2.34. The number of hydrogen-bond donors (Lipinski definition) is 1. The molecule has 3 aromatic rings. The van der Waals surface area contributed by atoms with E-state index in [0.717, 1.165) is 122 Å².